The molecular formula is C61H39NO. The summed E-state index contributed by atoms with van der Waals surface area (Å²) in [5, 5.41) is 2.24. The largest absolute Gasteiger partial charge is 0.455 e. The van der Waals surface area contributed by atoms with Crippen molar-refractivity contribution in [2.75, 3.05) is 4.90 Å². The average molecular weight is 802 g/mol. The van der Waals surface area contributed by atoms with E-state index in [0.29, 0.717) is 0 Å². The number of rotatable bonds is 6. The molecule has 0 fully saturated rings. The minimum atomic E-state index is -0.443. The maximum atomic E-state index is 6.54. The van der Waals surface area contributed by atoms with Crippen molar-refractivity contribution in [3.63, 3.8) is 0 Å². The van der Waals surface area contributed by atoms with Gasteiger partial charge in [0.25, 0.3) is 0 Å². The van der Waals surface area contributed by atoms with Gasteiger partial charge in [0, 0.05) is 33.3 Å². The molecule has 0 saturated heterocycles. The number of para-hydroxylation sites is 2. The molecule has 2 nitrogen and oxygen atoms in total. The number of fused-ring (bicyclic) bond motifs is 13. The predicted molar refractivity (Wildman–Crippen MR) is 261 cm³/mol. The molecule has 1 spiro atoms. The van der Waals surface area contributed by atoms with Crippen molar-refractivity contribution in [3.8, 4) is 55.6 Å². The van der Waals surface area contributed by atoms with Crippen LogP contribution in [0.4, 0.5) is 17.1 Å². The first-order chi connectivity index (χ1) is 31.3. The number of furan rings is 1. The van der Waals surface area contributed by atoms with Crippen molar-refractivity contribution in [2.45, 2.75) is 5.41 Å². The van der Waals surface area contributed by atoms with E-state index in [1.807, 2.05) is 0 Å². The van der Waals surface area contributed by atoms with Gasteiger partial charge in [-0.15, -0.1) is 0 Å². The van der Waals surface area contributed by atoms with Crippen LogP contribution in [-0.2, 0) is 5.41 Å². The van der Waals surface area contributed by atoms with Crippen LogP contribution in [0.25, 0.3) is 77.6 Å². The second-order valence-corrected chi connectivity index (χ2v) is 16.7. The van der Waals surface area contributed by atoms with Crippen LogP contribution in [0, 0.1) is 0 Å². The highest BCUT2D eigenvalue weighted by molar-refractivity contribution is 6.10. The molecule has 10 aromatic carbocycles. The van der Waals surface area contributed by atoms with Gasteiger partial charge in [-0.1, -0.05) is 194 Å². The number of hydrogen-bond acceptors (Lipinski definition) is 2. The molecule has 1 heterocycles. The smallest absolute Gasteiger partial charge is 0.143 e. The number of nitrogens with zero attached hydrogens (tertiary/aromatic N) is 1. The van der Waals surface area contributed by atoms with Crippen LogP contribution in [-0.4, -0.2) is 0 Å². The summed E-state index contributed by atoms with van der Waals surface area (Å²) >= 11 is 0. The van der Waals surface area contributed by atoms with Crippen LogP contribution in [0.2, 0.25) is 0 Å². The Morgan fingerprint density at radius 3 is 1.46 bits per heavy atom. The summed E-state index contributed by atoms with van der Waals surface area (Å²) in [6.45, 7) is 0. The van der Waals surface area contributed by atoms with Gasteiger partial charge in [0.15, 0.2) is 0 Å². The Bertz CT molecular complexity index is 3500. The third-order valence-corrected chi connectivity index (χ3v) is 13.5. The van der Waals surface area contributed by atoms with E-state index in [4.69, 9.17) is 4.42 Å². The standard InChI is InChI=1S/C61H39NO/c1-3-16-41(17-4-1)46-20-10-14-29-58(46)62(44-33-30-40(31-34-44)43-32-37-59-53(38-43)52-25-15-24-47(60(52)63-59)42-18-5-2-6-19-42)45-35-36-51-50-23-9-13-28-56(50)61(57(51)39-45)54-26-11-7-21-48(54)49-22-8-12-27-55(49)61/h1-39H. The first kappa shape index (κ1) is 35.5. The summed E-state index contributed by atoms with van der Waals surface area (Å²) in [6, 6.07) is 86.4. The fourth-order valence-corrected chi connectivity index (χ4v) is 10.8. The van der Waals surface area contributed by atoms with E-state index in [9.17, 15) is 0 Å². The first-order valence-corrected chi connectivity index (χ1v) is 21.8. The molecule has 11 aromatic rings. The molecule has 0 atom stereocenters. The maximum Gasteiger partial charge on any atom is 0.143 e. The van der Waals surface area contributed by atoms with Crippen LogP contribution in [0.3, 0.4) is 0 Å². The molecule has 2 aliphatic rings. The van der Waals surface area contributed by atoms with Gasteiger partial charge in [-0.05, 0) is 109 Å². The van der Waals surface area contributed by atoms with Crippen molar-refractivity contribution in [1.29, 1.82) is 0 Å². The molecule has 2 aliphatic carbocycles. The topological polar surface area (TPSA) is 16.4 Å². The zero-order chi connectivity index (χ0) is 41.5. The van der Waals surface area contributed by atoms with E-state index in [-0.39, 0.29) is 0 Å². The molecule has 13 rings (SSSR count). The third-order valence-electron chi connectivity index (χ3n) is 13.5. The van der Waals surface area contributed by atoms with Crippen molar-refractivity contribution in [3.05, 3.63) is 259 Å². The number of anilines is 3. The van der Waals surface area contributed by atoms with Crippen molar-refractivity contribution in [1.82, 2.24) is 0 Å². The average Bonchev–Trinajstić information content (AvgIpc) is 3.99. The lowest BCUT2D eigenvalue weighted by atomic mass is 9.70. The number of benzene rings is 10. The molecule has 0 bridgehead atoms. The Balaban J connectivity index is 0.983. The van der Waals surface area contributed by atoms with Gasteiger partial charge >= 0.3 is 0 Å². The molecular weight excluding hydrogens is 763 g/mol. The normalized spacial score (nSPS) is 12.9. The molecule has 63 heavy (non-hydrogen) atoms. The number of hydrogen-bond donors (Lipinski definition) is 0. The zero-order valence-electron chi connectivity index (χ0n) is 34.4. The Labute approximate surface area is 366 Å². The van der Waals surface area contributed by atoms with Gasteiger partial charge in [-0.2, -0.15) is 0 Å². The quantitative estimate of drug-likeness (QED) is 0.167. The Morgan fingerprint density at radius 2 is 0.810 bits per heavy atom. The summed E-state index contributed by atoms with van der Waals surface area (Å²) < 4.78 is 6.54. The van der Waals surface area contributed by atoms with Gasteiger partial charge < -0.3 is 9.32 Å². The summed E-state index contributed by atoms with van der Waals surface area (Å²) in [4.78, 5) is 2.45. The van der Waals surface area contributed by atoms with Crippen LogP contribution < -0.4 is 4.90 Å². The third kappa shape index (κ3) is 5.25. The van der Waals surface area contributed by atoms with E-state index in [0.717, 1.165) is 61.3 Å². The molecule has 0 aliphatic heterocycles. The lowest BCUT2D eigenvalue weighted by Crippen LogP contribution is -2.26. The van der Waals surface area contributed by atoms with Crippen LogP contribution in [0.15, 0.2) is 241 Å². The van der Waals surface area contributed by atoms with Crippen molar-refractivity contribution >= 4 is 39.0 Å². The molecule has 2 heteroatoms. The lowest BCUT2D eigenvalue weighted by molar-refractivity contribution is 0.670. The highest BCUT2D eigenvalue weighted by atomic mass is 16.3. The Hall–Kier alpha value is -8.20. The lowest BCUT2D eigenvalue weighted by Gasteiger charge is -2.32. The Kier molecular flexibility index (Phi) is 7.85. The van der Waals surface area contributed by atoms with Gasteiger partial charge in [-0.3, -0.25) is 0 Å². The maximum absolute atomic E-state index is 6.54. The molecule has 0 radical (unpaired) electrons. The minimum absolute atomic E-state index is 0.443. The molecule has 294 valence electrons. The van der Waals surface area contributed by atoms with Crippen molar-refractivity contribution < 1.29 is 4.42 Å². The van der Waals surface area contributed by atoms with Crippen LogP contribution in [0.5, 0.6) is 0 Å². The molecule has 0 saturated carbocycles. The SMILES string of the molecule is c1ccc(-c2ccccc2N(c2ccc(-c3ccc4oc5c(-c6ccccc6)cccc5c4c3)cc2)c2ccc3c(c2)C2(c4ccccc4-c4ccccc42)c2ccccc2-3)cc1. The molecule has 0 N–H and O–H groups in total. The van der Waals surface area contributed by atoms with E-state index in [1.54, 1.807) is 0 Å². The summed E-state index contributed by atoms with van der Waals surface area (Å²) in [5.41, 5.74) is 22.1. The Morgan fingerprint density at radius 1 is 0.302 bits per heavy atom. The second kappa shape index (κ2) is 13.9. The first-order valence-electron chi connectivity index (χ1n) is 21.8. The van der Waals surface area contributed by atoms with Gasteiger partial charge in [-0.25, -0.2) is 0 Å². The van der Waals surface area contributed by atoms with E-state index >= 15 is 0 Å². The fourth-order valence-electron chi connectivity index (χ4n) is 10.8. The predicted octanol–water partition coefficient (Wildman–Crippen LogP) is 16.4. The second-order valence-electron chi connectivity index (χ2n) is 16.7. The monoisotopic (exact) mass is 801 g/mol. The van der Waals surface area contributed by atoms with Crippen LogP contribution in [0.1, 0.15) is 22.3 Å². The summed E-state index contributed by atoms with van der Waals surface area (Å²) in [6.07, 6.45) is 0. The molecule has 1 aromatic heterocycles. The molecule has 0 amide bonds. The zero-order valence-corrected chi connectivity index (χ0v) is 34.4. The van der Waals surface area contributed by atoms with E-state index < -0.39 is 5.41 Å². The highest BCUT2D eigenvalue weighted by Crippen LogP contribution is 2.63. The van der Waals surface area contributed by atoms with Crippen molar-refractivity contribution in [2.24, 2.45) is 0 Å². The minimum Gasteiger partial charge on any atom is -0.455 e. The van der Waals surface area contributed by atoms with Gasteiger partial charge in [0.05, 0.1) is 11.1 Å². The molecule has 0 unspecified atom stereocenters. The van der Waals surface area contributed by atoms with E-state index in [2.05, 4.69) is 241 Å². The highest BCUT2D eigenvalue weighted by Gasteiger charge is 2.51. The van der Waals surface area contributed by atoms with Crippen LogP contribution >= 0.6 is 0 Å². The van der Waals surface area contributed by atoms with Gasteiger partial charge in [0.1, 0.15) is 11.2 Å². The van der Waals surface area contributed by atoms with Gasteiger partial charge in [0.2, 0.25) is 0 Å². The summed E-state index contributed by atoms with van der Waals surface area (Å²) in [7, 11) is 0. The fraction of sp³-hybridized carbons (Fsp3) is 0.0164. The summed E-state index contributed by atoms with van der Waals surface area (Å²) in [5.74, 6) is 0. The van der Waals surface area contributed by atoms with E-state index in [1.165, 1.54) is 55.6 Å².